The first kappa shape index (κ1) is 14.0. The molecule has 104 valence electrons. The Labute approximate surface area is 113 Å². The lowest BCUT2D eigenvalue weighted by Gasteiger charge is -2.22. The monoisotopic (exact) mass is 265 g/mol. The molecule has 0 radical (unpaired) electrons. The minimum absolute atomic E-state index is 0.0972. The van der Waals surface area contributed by atoms with Gasteiger partial charge in [0.25, 0.3) is 0 Å². The van der Waals surface area contributed by atoms with Crippen LogP contribution in [0.25, 0.3) is 0 Å². The molecule has 2 atom stereocenters. The van der Waals surface area contributed by atoms with Gasteiger partial charge in [0.1, 0.15) is 11.9 Å². The van der Waals surface area contributed by atoms with Crippen molar-refractivity contribution in [3.8, 4) is 0 Å². The highest BCUT2D eigenvalue weighted by molar-refractivity contribution is 5.75. The van der Waals surface area contributed by atoms with Gasteiger partial charge in [0.15, 0.2) is 0 Å². The zero-order valence-corrected chi connectivity index (χ0v) is 11.4. The van der Waals surface area contributed by atoms with Gasteiger partial charge in [-0.15, -0.1) is 0 Å². The van der Waals surface area contributed by atoms with E-state index in [2.05, 4.69) is 5.32 Å². The summed E-state index contributed by atoms with van der Waals surface area (Å²) in [5, 5.41) is 3.30. The normalized spacial score (nSPS) is 17.8. The molecule has 2 unspecified atom stereocenters. The summed E-state index contributed by atoms with van der Waals surface area (Å²) >= 11 is 0. The molecule has 19 heavy (non-hydrogen) atoms. The summed E-state index contributed by atoms with van der Waals surface area (Å²) in [6, 6.07) is 6.23. The van der Waals surface area contributed by atoms with Crippen molar-refractivity contribution in [3.63, 3.8) is 0 Å². The molecule has 1 aromatic rings. The zero-order valence-electron chi connectivity index (χ0n) is 11.4. The van der Waals surface area contributed by atoms with Crippen LogP contribution in [0.3, 0.4) is 0 Å². The van der Waals surface area contributed by atoms with E-state index in [9.17, 15) is 9.18 Å². The fourth-order valence-corrected chi connectivity index (χ4v) is 2.21. The third kappa shape index (κ3) is 3.77. The number of ether oxygens (including phenoxy) is 1. The molecule has 1 N–H and O–H groups in total. The van der Waals surface area contributed by atoms with Gasteiger partial charge < -0.3 is 4.74 Å². The van der Waals surface area contributed by atoms with Gasteiger partial charge in [-0.05, 0) is 50.3 Å². The molecule has 1 aliphatic rings. The van der Waals surface area contributed by atoms with E-state index in [0.717, 1.165) is 18.4 Å². The van der Waals surface area contributed by atoms with Crippen LogP contribution in [0.15, 0.2) is 24.3 Å². The van der Waals surface area contributed by atoms with Gasteiger partial charge in [0.05, 0.1) is 6.61 Å². The van der Waals surface area contributed by atoms with Crippen molar-refractivity contribution in [3.05, 3.63) is 35.6 Å². The molecule has 0 amide bonds. The lowest BCUT2D eigenvalue weighted by Crippen LogP contribution is -2.38. The van der Waals surface area contributed by atoms with Crippen LogP contribution >= 0.6 is 0 Å². The molecular formula is C15H20FNO2. The predicted molar refractivity (Wildman–Crippen MR) is 71.1 cm³/mol. The van der Waals surface area contributed by atoms with Gasteiger partial charge in [0.2, 0.25) is 0 Å². The van der Waals surface area contributed by atoms with Crippen molar-refractivity contribution < 1.29 is 13.9 Å². The molecule has 0 bridgehead atoms. The highest BCUT2D eigenvalue weighted by Gasteiger charge is 2.34. The third-order valence-corrected chi connectivity index (χ3v) is 3.39. The fraction of sp³-hybridized carbons (Fsp3) is 0.533. The molecule has 0 heterocycles. The maximum Gasteiger partial charge on any atom is 0.322 e. The average molecular weight is 265 g/mol. The minimum atomic E-state index is -0.351. The van der Waals surface area contributed by atoms with E-state index >= 15 is 0 Å². The first-order chi connectivity index (χ1) is 9.11. The second-order valence-corrected chi connectivity index (χ2v) is 5.01. The topological polar surface area (TPSA) is 38.3 Å². The number of hydrogen-bond acceptors (Lipinski definition) is 3. The number of halogens is 1. The van der Waals surface area contributed by atoms with Gasteiger partial charge in [-0.3, -0.25) is 10.1 Å². The molecule has 0 aliphatic heterocycles. The second-order valence-electron chi connectivity index (χ2n) is 5.01. The Hall–Kier alpha value is -1.42. The number of esters is 1. The predicted octanol–water partition coefficient (Wildman–Crippen LogP) is 2.82. The van der Waals surface area contributed by atoms with Crippen LogP contribution in [0.1, 0.15) is 38.3 Å². The van der Waals surface area contributed by atoms with Crippen LogP contribution < -0.4 is 5.32 Å². The standard InChI is InChI=1S/C15H20FNO2/c1-3-19-15(18)10(2)17-14(11-4-5-11)12-6-8-13(16)9-7-12/h6-11,14,17H,3-5H2,1-2H3. The fourth-order valence-electron chi connectivity index (χ4n) is 2.21. The summed E-state index contributed by atoms with van der Waals surface area (Å²) in [5.41, 5.74) is 1.03. The average Bonchev–Trinajstić information content (AvgIpc) is 3.21. The molecule has 0 spiro atoms. The molecule has 1 aromatic carbocycles. The first-order valence-electron chi connectivity index (χ1n) is 6.80. The largest absolute Gasteiger partial charge is 0.465 e. The van der Waals surface area contributed by atoms with E-state index in [1.807, 2.05) is 0 Å². The molecule has 2 rings (SSSR count). The van der Waals surface area contributed by atoms with Crippen LogP contribution in [0.4, 0.5) is 4.39 Å². The molecule has 0 aromatic heterocycles. The number of carbonyl (C=O) groups excluding carboxylic acids is 1. The lowest BCUT2D eigenvalue weighted by molar-refractivity contribution is -0.145. The molecule has 0 saturated heterocycles. The molecule has 1 aliphatic carbocycles. The van der Waals surface area contributed by atoms with Gasteiger partial charge in [0, 0.05) is 6.04 Å². The van der Waals surface area contributed by atoms with Gasteiger partial charge >= 0.3 is 5.97 Å². The van der Waals surface area contributed by atoms with E-state index in [1.54, 1.807) is 26.0 Å². The first-order valence-corrected chi connectivity index (χ1v) is 6.80. The SMILES string of the molecule is CCOC(=O)C(C)NC(c1ccc(F)cc1)C1CC1. The Kier molecular flexibility index (Phi) is 4.53. The van der Waals surface area contributed by atoms with Crippen molar-refractivity contribution in [1.82, 2.24) is 5.32 Å². The summed E-state index contributed by atoms with van der Waals surface area (Å²) in [7, 11) is 0. The number of rotatable bonds is 6. The molecular weight excluding hydrogens is 245 g/mol. The Morgan fingerprint density at radius 1 is 1.42 bits per heavy atom. The van der Waals surface area contributed by atoms with E-state index < -0.39 is 0 Å². The van der Waals surface area contributed by atoms with Crippen molar-refractivity contribution in [2.45, 2.75) is 38.8 Å². The lowest BCUT2D eigenvalue weighted by atomic mass is 10.0. The van der Waals surface area contributed by atoms with Crippen molar-refractivity contribution in [2.75, 3.05) is 6.61 Å². The summed E-state index contributed by atoms with van der Waals surface area (Å²) in [6.07, 6.45) is 2.29. The highest BCUT2D eigenvalue weighted by atomic mass is 19.1. The number of benzene rings is 1. The molecule has 1 saturated carbocycles. The van der Waals surface area contributed by atoms with Crippen molar-refractivity contribution >= 4 is 5.97 Å². The van der Waals surface area contributed by atoms with Crippen LogP contribution in [-0.4, -0.2) is 18.6 Å². The van der Waals surface area contributed by atoms with Gasteiger partial charge in [-0.1, -0.05) is 12.1 Å². The summed E-state index contributed by atoms with van der Waals surface area (Å²) < 4.78 is 18.0. The Morgan fingerprint density at radius 3 is 2.58 bits per heavy atom. The van der Waals surface area contributed by atoms with E-state index in [0.29, 0.717) is 12.5 Å². The van der Waals surface area contributed by atoms with Crippen LogP contribution in [0.5, 0.6) is 0 Å². The Balaban J connectivity index is 2.04. The Morgan fingerprint density at radius 2 is 2.05 bits per heavy atom. The highest BCUT2D eigenvalue weighted by Crippen LogP contribution is 2.41. The smallest absolute Gasteiger partial charge is 0.322 e. The molecule has 4 heteroatoms. The second kappa shape index (κ2) is 6.15. The van der Waals surface area contributed by atoms with Crippen LogP contribution in [-0.2, 0) is 9.53 Å². The third-order valence-electron chi connectivity index (χ3n) is 3.39. The Bertz CT molecular complexity index is 428. The van der Waals surface area contributed by atoms with Crippen LogP contribution in [0.2, 0.25) is 0 Å². The van der Waals surface area contributed by atoms with E-state index in [4.69, 9.17) is 4.74 Å². The van der Waals surface area contributed by atoms with Crippen molar-refractivity contribution in [2.24, 2.45) is 5.92 Å². The van der Waals surface area contributed by atoms with E-state index in [-0.39, 0.29) is 23.9 Å². The summed E-state index contributed by atoms with van der Waals surface area (Å²) in [4.78, 5) is 11.7. The molecule has 3 nitrogen and oxygen atoms in total. The van der Waals surface area contributed by atoms with Gasteiger partial charge in [-0.2, -0.15) is 0 Å². The summed E-state index contributed by atoms with van der Waals surface area (Å²) in [6.45, 7) is 3.98. The number of carbonyl (C=O) groups is 1. The number of nitrogens with one attached hydrogen (secondary N) is 1. The van der Waals surface area contributed by atoms with Gasteiger partial charge in [-0.25, -0.2) is 4.39 Å². The van der Waals surface area contributed by atoms with E-state index in [1.165, 1.54) is 12.1 Å². The minimum Gasteiger partial charge on any atom is -0.465 e. The summed E-state index contributed by atoms with van der Waals surface area (Å²) in [5.74, 6) is 0.0503. The maximum atomic E-state index is 13.0. The zero-order chi connectivity index (χ0) is 13.8. The quantitative estimate of drug-likeness (QED) is 0.804. The van der Waals surface area contributed by atoms with Crippen LogP contribution in [0, 0.1) is 11.7 Å². The van der Waals surface area contributed by atoms with Crippen molar-refractivity contribution in [1.29, 1.82) is 0 Å². The number of hydrogen-bond donors (Lipinski definition) is 1. The maximum absolute atomic E-state index is 13.0. The molecule has 1 fully saturated rings.